The summed E-state index contributed by atoms with van der Waals surface area (Å²) in [6.07, 6.45) is 5.38. The topological polar surface area (TPSA) is 150 Å². The van der Waals surface area contributed by atoms with Crippen LogP contribution in [-0.2, 0) is 20.8 Å². The van der Waals surface area contributed by atoms with Crippen LogP contribution >= 0.6 is 11.8 Å². The molecule has 3 unspecified atom stereocenters. The lowest BCUT2D eigenvalue weighted by atomic mass is 10.1. The summed E-state index contributed by atoms with van der Waals surface area (Å²) in [5.41, 5.74) is 6.31. The molecule has 0 aliphatic carbocycles. The number of aliphatic carboxylic acids is 1. The van der Waals surface area contributed by atoms with Crippen LogP contribution < -0.4 is 16.4 Å². The van der Waals surface area contributed by atoms with E-state index in [1.807, 2.05) is 6.26 Å². The smallest absolute Gasteiger partial charge is 0.326 e. The summed E-state index contributed by atoms with van der Waals surface area (Å²) in [6, 6.07) is -2.71. The van der Waals surface area contributed by atoms with Gasteiger partial charge in [-0.1, -0.05) is 0 Å². The van der Waals surface area contributed by atoms with E-state index >= 15 is 0 Å². The number of carboxylic acid groups (broad SMARTS) is 1. The molecule has 0 aromatic carbocycles. The molecule has 134 valence electrons. The van der Waals surface area contributed by atoms with Crippen LogP contribution in [0.1, 0.15) is 19.0 Å². The van der Waals surface area contributed by atoms with Gasteiger partial charge in [-0.25, -0.2) is 9.78 Å². The second-order valence-electron chi connectivity index (χ2n) is 5.30. The zero-order chi connectivity index (χ0) is 18.1. The molecule has 1 heterocycles. The fourth-order valence-corrected chi connectivity index (χ4v) is 2.36. The first-order chi connectivity index (χ1) is 11.3. The van der Waals surface area contributed by atoms with Crippen LogP contribution in [0.25, 0.3) is 0 Å². The molecule has 6 N–H and O–H groups in total. The molecule has 0 saturated heterocycles. The molecule has 0 fully saturated rings. The molecular weight excluding hydrogens is 334 g/mol. The van der Waals surface area contributed by atoms with Gasteiger partial charge in [0.05, 0.1) is 12.4 Å². The lowest BCUT2D eigenvalue weighted by Crippen LogP contribution is -2.53. The number of carbonyl (C=O) groups is 3. The Labute approximate surface area is 144 Å². The third-order valence-electron chi connectivity index (χ3n) is 3.32. The number of nitrogens with zero attached hydrogens (tertiary/aromatic N) is 1. The number of carboxylic acids is 1. The fourth-order valence-electron chi connectivity index (χ4n) is 1.87. The number of aromatic nitrogens is 2. The van der Waals surface area contributed by atoms with E-state index in [1.54, 1.807) is 11.8 Å². The van der Waals surface area contributed by atoms with Crippen molar-refractivity contribution in [3.8, 4) is 0 Å². The number of nitrogens with one attached hydrogen (secondary N) is 3. The Bertz CT molecular complexity index is 551. The van der Waals surface area contributed by atoms with Crippen molar-refractivity contribution in [1.82, 2.24) is 20.6 Å². The normalized spacial score (nSPS) is 14.5. The van der Waals surface area contributed by atoms with Gasteiger partial charge in [-0.2, -0.15) is 11.8 Å². The van der Waals surface area contributed by atoms with Gasteiger partial charge in [-0.15, -0.1) is 0 Å². The highest BCUT2D eigenvalue weighted by atomic mass is 32.2. The Kier molecular flexibility index (Phi) is 8.27. The van der Waals surface area contributed by atoms with Crippen LogP contribution in [0.5, 0.6) is 0 Å². The van der Waals surface area contributed by atoms with Gasteiger partial charge in [0.15, 0.2) is 0 Å². The number of hydrogen-bond acceptors (Lipinski definition) is 6. The molecule has 0 radical (unpaired) electrons. The largest absolute Gasteiger partial charge is 0.480 e. The van der Waals surface area contributed by atoms with Crippen molar-refractivity contribution < 1.29 is 19.5 Å². The lowest BCUT2D eigenvalue weighted by molar-refractivity contribution is -0.142. The highest BCUT2D eigenvalue weighted by molar-refractivity contribution is 7.98. The van der Waals surface area contributed by atoms with Crippen molar-refractivity contribution in [2.24, 2.45) is 5.73 Å². The van der Waals surface area contributed by atoms with Gasteiger partial charge >= 0.3 is 5.97 Å². The maximum absolute atomic E-state index is 12.1. The molecule has 10 heteroatoms. The molecule has 3 atom stereocenters. The first-order valence-corrected chi connectivity index (χ1v) is 8.79. The summed E-state index contributed by atoms with van der Waals surface area (Å²) < 4.78 is 0. The van der Waals surface area contributed by atoms with Crippen molar-refractivity contribution in [2.45, 2.75) is 37.9 Å². The zero-order valence-electron chi connectivity index (χ0n) is 13.6. The molecule has 1 rings (SSSR count). The minimum Gasteiger partial charge on any atom is -0.480 e. The monoisotopic (exact) mass is 357 g/mol. The highest BCUT2D eigenvalue weighted by Gasteiger charge is 2.25. The number of H-pyrrole nitrogens is 1. The first kappa shape index (κ1) is 20.0. The van der Waals surface area contributed by atoms with Crippen LogP contribution in [0.2, 0.25) is 0 Å². The summed E-state index contributed by atoms with van der Waals surface area (Å²) in [4.78, 5) is 41.8. The standard InChI is InChI=1S/C14H23N5O4S/c1-8(18-13(21)10(15)3-4-24-2)12(20)19-11(14(22)23)5-9-6-16-7-17-9/h6-8,10-11H,3-5,15H2,1-2H3,(H,16,17)(H,18,21)(H,19,20)(H,22,23). The van der Waals surface area contributed by atoms with Gasteiger partial charge in [0.1, 0.15) is 12.1 Å². The Morgan fingerprint density at radius 1 is 1.38 bits per heavy atom. The number of amides is 2. The summed E-state index contributed by atoms with van der Waals surface area (Å²) in [6.45, 7) is 1.48. The second-order valence-corrected chi connectivity index (χ2v) is 6.28. The maximum atomic E-state index is 12.1. The summed E-state index contributed by atoms with van der Waals surface area (Å²) in [7, 11) is 0. The quantitative estimate of drug-likeness (QED) is 0.364. The number of thioether (sulfide) groups is 1. The van der Waals surface area contributed by atoms with E-state index < -0.39 is 35.9 Å². The van der Waals surface area contributed by atoms with Gasteiger partial charge in [0.25, 0.3) is 0 Å². The summed E-state index contributed by atoms with van der Waals surface area (Å²) in [5.74, 6) is -1.46. The minimum absolute atomic E-state index is 0.0645. The lowest BCUT2D eigenvalue weighted by Gasteiger charge is -2.20. The molecule has 0 saturated carbocycles. The van der Waals surface area contributed by atoms with Crippen molar-refractivity contribution in [1.29, 1.82) is 0 Å². The van der Waals surface area contributed by atoms with Crippen molar-refractivity contribution in [2.75, 3.05) is 12.0 Å². The van der Waals surface area contributed by atoms with E-state index in [1.165, 1.54) is 19.4 Å². The summed E-state index contributed by atoms with van der Waals surface area (Å²) >= 11 is 1.57. The SMILES string of the molecule is CSCCC(N)C(=O)NC(C)C(=O)NC(Cc1cnc[nH]1)C(=O)O. The number of carbonyl (C=O) groups excluding carboxylic acids is 2. The zero-order valence-corrected chi connectivity index (χ0v) is 14.4. The number of imidazole rings is 1. The summed E-state index contributed by atoms with van der Waals surface area (Å²) in [5, 5.41) is 14.1. The van der Waals surface area contributed by atoms with E-state index in [-0.39, 0.29) is 6.42 Å². The number of nitrogens with two attached hydrogens (primary N) is 1. The van der Waals surface area contributed by atoms with Crippen LogP contribution in [0.3, 0.4) is 0 Å². The second kappa shape index (κ2) is 9.93. The Balaban J connectivity index is 2.54. The molecule has 24 heavy (non-hydrogen) atoms. The van der Waals surface area contributed by atoms with E-state index in [0.717, 1.165) is 5.75 Å². The van der Waals surface area contributed by atoms with E-state index in [4.69, 9.17) is 5.73 Å². The predicted octanol–water partition coefficient (Wildman–Crippen LogP) is -0.893. The molecule has 2 amide bonds. The van der Waals surface area contributed by atoms with Gasteiger partial charge in [0, 0.05) is 18.3 Å². The van der Waals surface area contributed by atoms with Gasteiger partial charge in [-0.05, 0) is 25.4 Å². The number of rotatable bonds is 10. The Hall–Kier alpha value is -2.07. The van der Waals surface area contributed by atoms with E-state index in [2.05, 4.69) is 20.6 Å². The van der Waals surface area contributed by atoms with Crippen molar-refractivity contribution >= 4 is 29.5 Å². The molecule has 1 aromatic heterocycles. The average Bonchev–Trinajstić information content (AvgIpc) is 3.04. The van der Waals surface area contributed by atoms with Gasteiger partial charge in [-0.3, -0.25) is 9.59 Å². The molecule has 0 bridgehead atoms. The molecule has 1 aromatic rings. The molecule has 9 nitrogen and oxygen atoms in total. The van der Waals surface area contributed by atoms with Crippen molar-refractivity contribution in [3.63, 3.8) is 0 Å². The molecule has 0 aliphatic rings. The predicted molar refractivity (Wildman–Crippen MR) is 90.4 cm³/mol. The van der Waals surface area contributed by atoms with E-state index in [0.29, 0.717) is 12.1 Å². The maximum Gasteiger partial charge on any atom is 0.326 e. The van der Waals surface area contributed by atoms with Crippen LogP contribution in [0.4, 0.5) is 0 Å². The molecule has 0 aliphatic heterocycles. The number of aromatic amines is 1. The fraction of sp³-hybridized carbons (Fsp3) is 0.571. The van der Waals surface area contributed by atoms with Gasteiger partial charge in [0.2, 0.25) is 11.8 Å². The third kappa shape index (κ3) is 6.59. The first-order valence-electron chi connectivity index (χ1n) is 7.40. The van der Waals surface area contributed by atoms with Gasteiger partial charge < -0.3 is 26.5 Å². The third-order valence-corrected chi connectivity index (χ3v) is 3.96. The van der Waals surface area contributed by atoms with Crippen LogP contribution in [0.15, 0.2) is 12.5 Å². The van der Waals surface area contributed by atoms with Crippen molar-refractivity contribution in [3.05, 3.63) is 18.2 Å². The van der Waals surface area contributed by atoms with E-state index in [9.17, 15) is 19.5 Å². The number of hydrogen-bond donors (Lipinski definition) is 5. The average molecular weight is 357 g/mol. The Morgan fingerprint density at radius 2 is 2.08 bits per heavy atom. The Morgan fingerprint density at radius 3 is 2.62 bits per heavy atom. The van der Waals surface area contributed by atoms with Crippen LogP contribution in [0, 0.1) is 0 Å². The minimum atomic E-state index is -1.17. The molecular formula is C14H23N5O4S. The molecule has 0 spiro atoms. The van der Waals surface area contributed by atoms with Crippen LogP contribution in [-0.4, -0.2) is 63.0 Å². The highest BCUT2D eigenvalue weighted by Crippen LogP contribution is 2.01.